The Morgan fingerprint density at radius 1 is 0.971 bits per heavy atom. The summed E-state index contributed by atoms with van der Waals surface area (Å²) in [5, 5.41) is 12.4. The Morgan fingerprint density at radius 3 is 2.15 bits per heavy atom. The molecule has 34 heavy (non-hydrogen) atoms. The number of nitrogens with zero attached hydrogens (tertiary/aromatic N) is 1. The van der Waals surface area contributed by atoms with Crippen LogP contribution in [0.1, 0.15) is 65.6 Å². The van der Waals surface area contributed by atoms with E-state index in [1.165, 1.54) is 12.1 Å². The van der Waals surface area contributed by atoms with Crippen LogP contribution in [0.2, 0.25) is 0 Å². The summed E-state index contributed by atoms with van der Waals surface area (Å²) in [4.78, 5) is 26.7. The van der Waals surface area contributed by atoms with Crippen molar-refractivity contribution < 1.29 is 27.9 Å². The Kier molecular flexibility index (Phi) is 5.47. The number of carbonyl (C=O) groups is 2. The molecule has 2 saturated carbocycles. The standard InChI is InChI=1S/C26H27F3N2O3/c27-26(28,29)20-5-1-17(2-6-20)16-31-14-13-24(9-10-24)15-21(31)22(32)30-25(11-12-25)19-7-3-18(4-8-19)23(33)34/h1-8,21H,9-16H2,(H,30,32)(H,33,34)/t21-/m1/s1. The number of likely N-dealkylation sites (tertiary alicyclic amines) is 1. The van der Waals surface area contributed by atoms with Crippen LogP contribution >= 0.6 is 0 Å². The molecule has 1 saturated heterocycles. The van der Waals surface area contributed by atoms with Crippen molar-refractivity contribution in [1.82, 2.24) is 10.2 Å². The molecule has 2 aliphatic carbocycles. The molecule has 1 amide bonds. The lowest BCUT2D eigenvalue weighted by Crippen LogP contribution is -2.53. The van der Waals surface area contributed by atoms with E-state index in [2.05, 4.69) is 10.2 Å². The van der Waals surface area contributed by atoms with Gasteiger partial charge >= 0.3 is 12.1 Å². The fourth-order valence-corrected chi connectivity index (χ4v) is 5.15. The molecule has 3 fully saturated rings. The molecule has 180 valence electrons. The highest BCUT2D eigenvalue weighted by atomic mass is 19.4. The zero-order valence-electron chi connectivity index (χ0n) is 18.7. The predicted molar refractivity (Wildman–Crippen MR) is 119 cm³/mol. The molecule has 5 nitrogen and oxygen atoms in total. The summed E-state index contributed by atoms with van der Waals surface area (Å²) in [6, 6.07) is 11.5. The van der Waals surface area contributed by atoms with Gasteiger partial charge in [0, 0.05) is 6.54 Å². The summed E-state index contributed by atoms with van der Waals surface area (Å²) in [7, 11) is 0. The minimum absolute atomic E-state index is 0.0577. The van der Waals surface area contributed by atoms with Gasteiger partial charge in [0.2, 0.25) is 5.91 Å². The number of hydrogen-bond donors (Lipinski definition) is 2. The normalized spacial score (nSPS) is 22.9. The third kappa shape index (κ3) is 4.56. The summed E-state index contributed by atoms with van der Waals surface area (Å²) in [6.45, 7) is 1.16. The third-order valence-electron chi connectivity index (χ3n) is 7.72. The molecule has 8 heteroatoms. The van der Waals surface area contributed by atoms with Gasteiger partial charge in [0.05, 0.1) is 22.7 Å². The molecule has 2 aromatic carbocycles. The van der Waals surface area contributed by atoms with Crippen molar-refractivity contribution in [2.24, 2.45) is 5.41 Å². The van der Waals surface area contributed by atoms with Crippen LogP contribution in [-0.4, -0.2) is 34.5 Å². The quantitative estimate of drug-likeness (QED) is 0.624. The maximum atomic E-state index is 13.5. The van der Waals surface area contributed by atoms with Crippen molar-refractivity contribution in [3.8, 4) is 0 Å². The van der Waals surface area contributed by atoms with Gasteiger partial charge in [-0.25, -0.2) is 4.79 Å². The minimum Gasteiger partial charge on any atom is -0.478 e. The second-order valence-corrected chi connectivity index (χ2v) is 10.1. The monoisotopic (exact) mass is 472 g/mol. The Labute approximate surface area is 196 Å². The van der Waals surface area contributed by atoms with Crippen LogP contribution in [0.5, 0.6) is 0 Å². The number of halogens is 3. The number of carboxylic acid groups (broad SMARTS) is 1. The van der Waals surface area contributed by atoms with Gasteiger partial charge in [-0.3, -0.25) is 9.69 Å². The number of nitrogens with one attached hydrogen (secondary N) is 1. The number of piperidine rings is 1. The Morgan fingerprint density at radius 2 is 1.62 bits per heavy atom. The number of benzene rings is 2. The average Bonchev–Trinajstić information content (AvgIpc) is 3.73. The van der Waals surface area contributed by atoms with Crippen molar-refractivity contribution in [3.05, 3.63) is 70.8 Å². The van der Waals surface area contributed by atoms with Crippen molar-refractivity contribution in [3.63, 3.8) is 0 Å². The van der Waals surface area contributed by atoms with E-state index in [-0.39, 0.29) is 22.9 Å². The Hall–Kier alpha value is -2.87. The molecular formula is C26H27F3N2O3. The first-order chi connectivity index (χ1) is 16.1. The molecule has 5 rings (SSSR count). The van der Waals surface area contributed by atoms with Crippen LogP contribution in [0, 0.1) is 5.41 Å². The first kappa shape index (κ1) is 22.9. The van der Waals surface area contributed by atoms with E-state index < -0.39 is 23.2 Å². The Balaban J connectivity index is 1.31. The van der Waals surface area contributed by atoms with Crippen molar-refractivity contribution in [2.45, 2.75) is 62.8 Å². The number of carboxylic acids is 1. The first-order valence-electron chi connectivity index (χ1n) is 11.7. The molecule has 0 unspecified atom stereocenters. The maximum Gasteiger partial charge on any atom is 0.416 e. The van der Waals surface area contributed by atoms with Crippen LogP contribution in [0.15, 0.2) is 48.5 Å². The molecule has 2 aromatic rings. The average molecular weight is 473 g/mol. The Bertz CT molecular complexity index is 1090. The van der Waals surface area contributed by atoms with E-state index in [9.17, 15) is 22.8 Å². The lowest BCUT2D eigenvalue weighted by molar-refractivity contribution is -0.137. The lowest BCUT2D eigenvalue weighted by Gasteiger charge is -2.39. The van der Waals surface area contributed by atoms with Crippen molar-refractivity contribution in [2.75, 3.05) is 6.54 Å². The molecule has 2 N–H and O–H groups in total. The van der Waals surface area contributed by atoms with Crippen molar-refractivity contribution in [1.29, 1.82) is 0 Å². The molecule has 0 radical (unpaired) electrons. The van der Waals surface area contributed by atoms with Crippen LogP contribution in [-0.2, 0) is 23.1 Å². The van der Waals surface area contributed by atoms with Gasteiger partial charge in [-0.1, -0.05) is 24.3 Å². The molecule has 1 atom stereocenters. The molecule has 3 aliphatic rings. The lowest BCUT2D eigenvalue weighted by atomic mass is 9.86. The van der Waals surface area contributed by atoms with E-state index in [1.807, 2.05) is 0 Å². The molecule has 1 heterocycles. The van der Waals surface area contributed by atoms with Gasteiger partial charge in [0.25, 0.3) is 0 Å². The first-order valence-corrected chi connectivity index (χ1v) is 11.7. The summed E-state index contributed by atoms with van der Waals surface area (Å²) in [6.07, 6.45) is 1.21. The van der Waals surface area contributed by atoms with Crippen LogP contribution in [0.3, 0.4) is 0 Å². The largest absolute Gasteiger partial charge is 0.478 e. The fourth-order valence-electron chi connectivity index (χ4n) is 5.15. The third-order valence-corrected chi connectivity index (χ3v) is 7.72. The van der Waals surface area contributed by atoms with Gasteiger partial charge < -0.3 is 10.4 Å². The number of rotatable bonds is 6. The van der Waals surface area contributed by atoms with Crippen LogP contribution in [0.25, 0.3) is 0 Å². The molecule has 1 aliphatic heterocycles. The highest BCUT2D eigenvalue weighted by molar-refractivity contribution is 5.87. The van der Waals surface area contributed by atoms with E-state index >= 15 is 0 Å². The second kappa shape index (κ2) is 8.12. The highest BCUT2D eigenvalue weighted by Gasteiger charge is 2.52. The van der Waals surface area contributed by atoms with E-state index in [4.69, 9.17) is 5.11 Å². The summed E-state index contributed by atoms with van der Waals surface area (Å²) < 4.78 is 38.7. The van der Waals surface area contributed by atoms with E-state index in [0.29, 0.717) is 6.54 Å². The summed E-state index contributed by atoms with van der Waals surface area (Å²) in [5.74, 6) is -1.05. The molecule has 0 bridgehead atoms. The zero-order chi connectivity index (χ0) is 24.1. The van der Waals surface area contributed by atoms with Gasteiger partial charge in [-0.15, -0.1) is 0 Å². The van der Waals surface area contributed by atoms with Gasteiger partial charge in [0.15, 0.2) is 0 Å². The predicted octanol–water partition coefficient (Wildman–Crippen LogP) is 4.95. The SMILES string of the molecule is O=C(O)c1ccc(C2(NC(=O)[C@H]3CC4(CCN3Cc3ccc(C(F)(F)F)cc3)CC4)CC2)cc1. The second-order valence-electron chi connectivity index (χ2n) is 10.1. The summed E-state index contributed by atoms with van der Waals surface area (Å²) in [5.41, 5.74) is 0.933. The van der Waals surface area contributed by atoms with E-state index in [1.54, 1.807) is 24.3 Å². The molecule has 0 aromatic heterocycles. The zero-order valence-corrected chi connectivity index (χ0v) is 18.7. The van der Waals surface area contributed by atoms with Gasteiger partial charge in [-0.05, 0) is 85.9 Å². The number of aromatic carboxylic acids is 1. The topological polar surface area (TPSA) is 69.6 Å². The number of amides is 1. The van der Waals surface area contributed by atoms with Gasteiger partial charge in [0.1, 0.15) is 0 Å². The fraction of sp³-hybridized carbons (Fsp3) is 0.462. The van der Waals surface area contributed by atoms with Gasteiger partial charge in [-0.2, -0.15) is 13.2 Å². The number of hydrogen-bond acceptors (Lipinski definition) is 3. The van der Waals surface area contributed by atoms with Crippen molar-refractivity contribution >= 4 is 11.9 Å². The van der Waals surface area contributed by atoms with Crippen LogP contribution < -0.4 is 5.32 Å². The minimum atomic E-state index is -4.37. The number of carbonyl (C=O) groups excluding carboxylic acids is 1. The highest BCUT2D eigenvalue weighted by Crippen LogP contribution is 2.55. The molecular weight excluding hydrogens is 445 g/mol. The number of alkyl halides is 3. The molecule has 1 spiro atoms. The maximum absolute atomic E-state index is 13.5. The smallest absolute Gasteiger partial charge is 0.416 e. The van der Waals surface area contributed by atoms with Crippen LogP contribution in [0.4, 0.5) is 13.2 Å². The summed E-state index contributed by atoms with van der Waals surface area (Å²) >= 11 is 0. The van der Waals surface area contributed by atoms with E-state index in [0.717, 1.165) is 68.3 Å².